The summed E-state index contributed by atoms with van der Waals surface area (Å²) in [5.74, 6) is -1.68. The smallest absolute Gasteiger partial charge is 0.545 e. The Labute approximate surface area is 291 Å². The van der Waals surface area contributed by atoms with Crippen molar-refractivity contribution in [2.24, 2.45) is 0 Å². The SMILES string of the molecule is CC(C)c1ccc(O)c(O)c1C(=O)[O-].Cc1cccc(C(C)C)c1NC(C)c1cccc(C(C)Nc2c(C)cccc2C(C)C)n1.[Co+]. The molecule has 0 amide bonds. The summed E-state index contributed by atoms with van der Waals surface area (Å²) in [7, 11) is 0. The van der Waals surface area contributed by atoms with Gasteiger partial charge in [0.2, 0.25) is 0 Å². The first-order chi connectivity index (χ1) is 21.6. The molecule has 254 valence electrons. The number of anilines is 2. The second-order valence-electron chi connectivity index (χ2n) is 12.9. The number of aryl methyl sites for hydroxylation is 2. The van der Waals surface area contributed by atoms with E-state index in [1.165, 1.54) is 45.8 Å². The molecule has 0 aliphatic carbocycles. The van der Waals surface area contributed by atoms with Gasteiger partial charge in [-0.05, 0) is 91.5 Å². The molecule has 1 heterocycles. The largest absolute Gasteiger partial charge is 1.00 e. The van der Waals surface area contributed by atoms with E-state index in [0.717, 1.165) is 11.4 Å². The summed E-state index contributed by atoms with van der Waals surface area (Å²) >= 11 is 0. The predicted octanol–water partition coefficient (Wildman–Crippen LogP) is 8.87. The van der Waals surface area contributed by atoms with Gasteiger partial charge in [-0.2, -0.15) is 0 Å². The first-order valence-corrected chi connectivity index (χ1v) is 16.1. The van der Waals surface area contributed by atoms with Crippen molar-refractivity contribution >= 4 is 17.3 Å². The zero-order valence-corrected chi connectivity index (χ0v) is 30.3. The summed E-state index contributed by atoms with van der Waals surface area (Å²) in [4.78, 5) is 15.8. The van der Waals surface area contributed by atoms with Crippen LogP contribution in [0.4, 0.5) is 11.4 Å². The first kappa shape index (κ1) is 39.2. The average molecular weight is 684 g/mol. The monoisotopic (exact) mass is 683 g/mol. The van der Waals surface area contributed by atoms with Crippen LogP contribution in [0.5, 0.6) is 11.5 Å². The van der Waals surface area contributed by atoms with E-state index in [1.807, 2.05) is 0 Å². The van der Waals surface area contributed by atoms with Crippen molar-refractivity contribution in [3.8, 4) is 11.5 Å². The second-order valence-corrected chi connectivity index (χ2v) is 12.9. The van der Waals surface area contributed by atoms with Crippen molar-refractivity contribution in [2.45, 2.75) is 99.1 Å². The molecule has 4 N–H and O–H groups in total. The summed E-state index contributed by atoms with van der Waals surface area (Å²) in [6.07, 6.45) is 0. The summed E-state index contributed by atoms with van der Waals surface area (Å²) in [6.45, 7) is 21.3. The molecule has 2 atom stereocenters. The van der Waals surface area contributed by atoms with Gasteiger partial charge in [0.15, 0.2) is 11.5 Å². The van der Waals surface area contributed by atoms with Gasteiger partial charge in [0.1, 0.15) is 0 Å². The van der Waals surface area contributed by atoms with Crippen molar-refractivity contribution in [1.29, 1.82) is 0 Å². The van der Waals surface area contributed by atoms with E-state index in [1.54, 1.807) is 13.8 Å². The summed E-state index contributed by atoms with van der Waals surface area (Å²) in [5.41, 5.74) is 9.94. The van der Waals surface area contributed by atoms with Crippen molar-refractivity contribution in [3.63, 3.8) is 0 Å². The van der Waals surface area contributed by atoms with Crippen molar-refractivity contribution in [3.05, 3.63) is 111 Å². The fourth-order valence-electron chi connectivity index (χ4n) is 5.56. The number of aromatic nitrogens is 1. The molecule has 0 spiro atoms. The Balaban J connectivity index is 0.000000431. The van der Waals surface area contributed by atoms with Gasteiger partial charge < -0.3 is 30.7 Å². The quantitative estimate of drug-likeness (QED) is 0.123. The molecule has 3 aromatic carbocycles. The van der Waals surface area contributed by atoms with E-state index >= 15 is 0 Å². The molecule has 4 aromatic rings. The Hall–Kier alpha value is -4.01. The molecule has 0 bridgehead atoms. The van der Waals surface area contributed by atoms with E-state index in [4.69, 9.17) is 10.1 Å². The zero-order valence-electron chi connectivity index (χ0n) is 29.2. The minimum atomic E-state index is -1.48. The second kappa shape index (κ2) is 17.2. The maximum absolute atomic E-state index is 10.7. The predicted molar refractivity (Wildman–Crippen MR) is 187 cm³/mol. The number of carboxylic acids is 1. The van der Waals surface area contributed by atoms with E-state index in [2.05, 4.69) is 121 Å². The number of rotatable bonds is 10. The number of phenolic OH excluding ortho intramolecular Hbond substituents is 1. The molecule has 0 aliphatic heterocycles. The van der Waals surface area contributed by atoms with Crippen molar-refractivity contribution < 1.29 is 36.9 Å². The minimum absolute atomic E-state index is 0. The number of benzene rings is 3. The normalized spacial score (nSPS) is 12.2. The number of nitrogens with one attached hydrogen (secondary N) is 2. The fourth-order valence-corrected chi connectivity index (χ4v) is 5.56. The van der Waals surface area contributed by atoms with Crippen LogP contribution in [0.25, 0.3) is 0 Å². The number of aromatic hydroxyl groups is 2. The third-order valence-electron chi connectivity index (χ3n) is 8.27. The van der Waals surface area contributed by atoms with Crippen molar-refractivity contribution in [2.75, 3.05) is 10.6 Å². The Bertz CT molecular complexity index is 1570. The van der Waals surface area contributed by atoms with E-state index in [9.17, 15) is 15.0 Å². The van der Waals surface area contributed by atoms with E-state index in [-0.39, 0.29) is 40.3 Å². The molecule has 4 rings (SSSR count). The van der Waals surface area contributed by atoms with Crippen LogP contribution in [0.1, 0.15) is 135 Å². The Morgan fingerprint density at radius 3 is 1.43 bits per heavy atom. The number of pyridine rings is 1. The molecular formula is C39H50CoN3O4. The number of nitrogens with zero attached hydrogens (tertiary/aromatic N) is 1. The fraction of sp³-hybridized carbons (Fsp3) is 0.385. The summed E-state index contributed by atoms with van der Waals surface area (Å²) in [6, 6.07) is 22.4. The molecule has 1 aromatic heterocycles. The first-order valence-electron chi connectivity index (χ1n) is 16.1. The van der Waals surface area contributed by atoms with Crippen molar-refractivity contribution in [1.82, 2.24) is 4.98 Å². The number of hydrogen-bond donors (Lipinski definition) is 4. The molecule has 0 aliphatic rings. The van der Waals surface area contributed by atoms with Gasteiger partial charge in [-0.1, -0.05) is 90.1 Å². The number of para-hydroxylation sites is 2. The third-order valence-corrected chi connectivity index (χ3v) is 8.27. The average Bonchev–Trinajstić information content (AvgIpc) is 3.00. The maximum atomic E-state index is 10.7. The van der Waals surface area contributed by atoms with Gasteiger partial charge in [0.05, 0.1) is 29.4 Å². The van der Waals surface area contributed by atoms with Crippen LogP contribution in [-0.4, -0.2) is 21.2 Å². The Kier molecular flexibility index (Phi) is 14.4. The van der Waals surface area contributed by atoms with Crippen LogP contribution in [0.15, 0.2) is 66.7 Å². The molecule has 8 heteroatoms. The third kappa shape index (κ3) is 9.75. The summed E-state index contributed by atoms with van der Waals surface area (Å²) < 4.78 is 0. The van der Waals surface area contributed by atoms with Gasteiger partial charge >= 0.3 is 16.8 Å². The van der Waals surface area contributed by atoms with Crippen LogP contribution in [0.2, 0.25) is 0 Å². The Morgan fingerprint density at radius 2 is 1.04 bits per heavy atom. The Morgan fingerprint density at radius 1 is 0.638 bits per heavy atom. The number of carboxylic acid groups (broad SMARTS) is 1. The van der Waals surface area contributed by atoms with Crippen LogP contribution in [0.3, 0.4) is 0 Å². The van der Waals surface area contributed by atoms with Gasteiger partial charge in [0, 0.05) is 16.9 Å². The molecule has 7 nitrogen and oxygen atoms in total. The molecular weight excluding hydrogens is 633 g/mol. The standard InChI is InChI=1S/C29H39N3.C10H12O4.Co/c1-18(2)24-14-9-12-20(5)28(24)30-22(7)26-16-11-17-27(32-26)23(8)31-29-21(6)13-10-15-25(29)19(3)4;1-5(2)6-3-4-7(11)9(12)8(6)10(13)14;/h9-19,22-23,30-31H,1-8H3;3-5,11-12H,1-2H3,(H,13,14);/q;;+1/p-1. The maximum Gasteiger partial charge on any atom is 1.00 e. The van der Waals surface area contributed by atoms with Crippen LogP contribution in [-0.2, 0) is 16.8 Å². The van der Waals surface area contributed by atoms with Crippen LogP contribution >= 0.6 is 0 Å². The van der Waals surface area contributed by atoms with Crippen LogP contribution in [0, 0.1) is 13.8 Å². The number of carbonyl (C=O) groups is 1. The zero-order chi connectivity index (χ0) is 34.3. The van der Waals surface area contributed by atoms with Gasteiger partial charge in [-0.3, -0.25) is 4.98 Å². The number of phenols is 2. The van der Waals surface area contributed by atoms with Gasteiger partial charge in [-0.15, -0.1) is 0 Å². The molecule has 2 unspecified atom stereocenters. The topological polar surface area (TPSA) is 118 Å². The molecule has 0 saturated heterocycles. The molecule has 0 radical (unpaired) electrons. The van der Waals surface area contributed by atoms with Gasteiger partial charge in [-0.25, -0.2) is 0 Å². The van der Waals surface area contributed by atoms with Crippen LogP contribution < -0.4 is 15.7 Å². The molecule has 0 fully saturated rings. The molecule has 0 saturated carbocycles. The number of hydrogen-bond acceptors (Lipinski definition) is 7. The number of carbonyl (C=O) groups excluding carboxylic acids is 1. The van der Waals surface area contributed by atoms with Gasteiger partial charge in [0.25, 0.3) is 0 Å². The summed E-state index contributed by atoms with van der Waals surface area (Å²) in [5, 5.41) is 36.6. The van der Waals surface area contributed by atoms with E-state index in [0.29, 0.717) is 17.4 Å². The van der Waals surface area contributed by atoms with E-state index < -0.39 is 17.5 Å². The number of aromatic carboxylic acids is 1. The molecule has 47 heavy (non-hydrogen) atoms. The minimum Gasteiger partial charge on any atom is -0.545 e.